The standard InChI is InChI=1S/C22H23FN2O4/c1-2-25(21(27)22(9-10-22)15-3-5-16(23)6-4-15)14-20(26)24-17-7-8-18-19(13-17)29-12-11-28-18/h3-8,13H,2,9-12,14H2,1H3,(H,24,26). The van der Waals surface area contributed by atoms with Gasteiger partial charge < -0.3 is 19.7 Å². The van der Waals surface area contributed by atoms with Gasteiger partial charge in [-0.3, -0.25) is 9.59 Å². The molecule has 1 N–H and O–H groups in total. The van der Waals surface area contributed by atoms with Gasteiger partial charge in [0.15, 0.2) is 11.5 Å². The molecule has 1 aliphatic heterocycles. The summed E-state index contributed by atoms with van der Waals surface area (Å²) in [5.74, 6) is 0.527. The van der Waals surface area contributed by atoms with Gasteiger partial charge in [0.2, 0.25) is 11.8 Å². The number of carbonyl (C=O) groups is 2. The number of halogens is 1. The topological polar surface area (TPSA) is 67.9 Å². The number of anilines is 1. The second-order valence-corrected chi connectivity index (χ2v) is 7.31. The van der Waals surface area contributed by atoms with Gasteiger partial charge in [0.05, 0.1) is 12.0 Å². The Hall–Kier alpha value is -3.09. The van der Waals surface area contributed by atoms with Crippen LogP contribution in [0.5, 0.6) is 11.5 Å². The molecule has 2 amide bonds. The van der Waals surface area contributed by atoms with Crippen LogP contribution in [0, 0.1) is 5.82 Å². The zero-order valence-corrected chi connectivity index (χ0v) is 16.2. The van der Waals surface area contributed by atoms with Crippen LogP contribution in [0.25, 0.3) is 0 Å². The van der Waals surface area contributed by atoms with E-state index in [0.717, 1.165) is 5.56 Å². The lowest BCUT2D eigenvalue weighted by Crippen LogP contribution is -2.43. The highest BCUT2D eigenvalue weighted by Crippen LogP contribution is 2.49. The smallest absolute Gasteiger partial charge is 0.243 e. The number of benzene rings is 2. The van der Waals surface area contributed by atoms with Gasteiger partial charge >= 0.3 is 0 Å². The van der Waals surface area contributed by atoms with Crippen molar-refractivity contribution in [2.24, 2.45) is 0 Å². The minimum atomic E-state index is -0.638. The monoisotopic (exact) mass is 398 g/mol. The molecular formula is C22H23FN2O4. The summed E-state index contributed by atoms with van der Waals surface area (Å²) in [4.78, 5) is 27.2. The zero-order valence-electron chi connectivity index (χ0n) is 16.2. The van der Waals surface area contributed by atoms with Gasteiger partial charge in [-0.05, 0) is 49.6 Å². The Morgan fingerprint density at radius 3 is 2.41 bits per heavy atom. The lowest BCUT2D eigenvalue weighted by molar-refractivity contribution is -0.136. The lowest BCUT2D eigenvalue weighted by Gasteiger charge is -2.26. The second kappa shape index (κ2) is 7.73. The molecule has 2 aromatic rings. The van der Waals surface area contributed by atoms with Crippen molar-refractivity contribution in [2.45, 2.75) is 25.2 Å². The summed E-state index contributed by atoms with van der Waals surface area (Å²) in [5, 5.41) is 2.81. The van der Waals surface area contributed by atoms with Gasteiger partial charge in [0.1, 0.15) is 19.0 Å². The predicted octanol–water partition coefficient (Wildman–Crippen LogP) is 3.12. The van der Waals surface area contributed by atoms with Crippen LogP contribution in [0.2, 0.25) is 0 Å². The van der Waals surface area contributed by atoms with Gasteiger partial charge in [-0.25, -0.2) is 4.39 Å². The van der Waals surface area contributed by atoms with E-state index in [1.165, 1.54) is 12.1 Å². The Labute approximate surface area is 168 Å². The molecule has 0 aromatic heterocycles. The zero-order chi connectivity index (χ0) is 20.4. The van der Waals surface area contributed by atoms with Crippen LogP contribution in [-0.2, 0) is 15.0 Å². The van der Waals surface area contributed by atoms with E-state index in [0.29, 0.717) is 49.8 Å². The number of fused-ring (bicyclic) bond motifs is 1. The molecule has 2 aromatic carbocycles. The Morgan fingerprint density at radius 2 is 1.76 bits per heavy atom. The van der Waals surface area contributed by atoms with E-state index in [4.69, 9.17) is 9.47 Å². The molecule has 1 aliphatic carbocycles. The maximum Gasteiger partial charge on any atom is 0.243 e. The minimum absolute atomic E-state index is 0.0489. The van der Waals surface area contributed by atoms with Gasteiger partial charge in [-0.15, -0.1) is 0 Å². The summed E-state index contributed by atoms with van der Waals surface area (Å²) >= 11 is 0. The van der Waals surface area contributed by atoms with Crippen LogP contribution in [0.1, 0.15) is 25.3 Å². The maximum atomic E-state index is 13.2. The van der Waals surface area contributed by atoms with E-state index in [-0.39, 0.29) is 24.2 Å². The van der Waals surface area contributed by atoms with Crippen molar-refractivity contribution < 1.29 is 23.5 Å². The van der Waals surface area contributed by atoms with E-state index in [2.05, 4.69) is 5.32 Å². The first-order valence-electron chi connectivity index (χ1n) is 9.77. The SMILES string of the molecule is CCN(CC(=O)Nc1ccc2c(c1)OCCO2)C(=O)C1(c2ccc(F)cc2)CC1. The molecule has 29 heavy (non-hydrogen) atoms. The maximum absolute atomic E-state index is 13.2. The summed E-state index contributed by atoms with van der Waals surface area (Å²) < 4.78 is 24.2. The van der Waals surface area contributed by atoms with Gasteiger partial charge in [-0.1, -0.05) is 12.1 Å². The molecule has 7 heteroatoms. The number of nitrogens with zero attached hydrogens (tertiary/aromatic N) is 1. The number of likely N-dealkylation sites (N-methyl/N-ethyl adjacent to an activating group) is 1. The quantitative estimate of drug-likeness (QED) is 0.812. The summed E-state index contributed by atoms with van der Waals surface area (Å²) in [6, 6.07) is 11.3. The van der Waals surface area contributed by atoms with Crippen LogP contribution >= 0.6 is 0 Å². The Kier molecular flexibility index (Phi) is 5.13. The van der Waals surface area contributed by atoms with Crippen molar-refractivity contribution in [3.8, 4) is 11.5 Å². The third kappa shape index (κ3) is 3.90. The molecule has 0 atom stereocenters. The Bertz CT molecular complexity index is 925. The molecule has 0 radical (unpaired) electrons. The third-order valence-corrected chi connectivity index (χ3v) is 5.39. The van der Waals surface area contributed by atoms with Gasteiger partial charge in [0.25, 0.3) is 0 Å². The molecule has 0 bridgehead atoms. The van der Waals surface area contributed by atoms with Crippen LogP contribution in [-0.4, -0.2) is 43.0 Å². The molecule has 0 saturated heterocycles. The number of carbonyl (C=O) groups excluding carboxylic acids is 2. The van der Waals surface area contributed by atoms with Crippen LogP contribution in [0.15, 0.2) is 42.5 Å². The van der Waals surface area contributed by atoms with Crippen molar-refractivity contribution in [1.82, 2.24) is 4.90 Å². The summed E-state index contributed by atoms with van der Waals surface area (Å²) in [5.41, 5.74) is 0.748. The number of amides is 2. The average molecular weight is 398 g/mol. The first kappa shape index (κ1) is 19.2. The molecule has 4 rings (SSSR count). The number of nitrogens with one attached hydrogen (secondary N) is 1. The molecule has 6 nitrogen and oxygen atoms in total. The molecule has 1 fully saturated rings. The highest BCUT2D eigenvalue weighted by molar-refractivity contribution is 5.98. The molecule has 0 unspecified atom stereocenters. The van der Waals surface area contributed by atoms with Crippen molar-refractivity contribution in [3.63, 3.8) is 0 Å². The van der Waals surface area contributed by atoms with E-state index in [1.807, 2.05) is 6.92 Å². The van der Waals surface area contributed by atoms with Crippen LogP contribution in [0.3, 0.4) is 0 Å². The van der Waals surface area contributed by atoms with Crippen molar-refractivity contribution in [3.05, 3.63) is 53.8 Å². The first-order chi connectivity index (χ1) is 14.0. The Morgan fingerprint density at radius 1 is 1.07 bits per heavy atom. The molecule has 1 heterocycles. The highest BCUT2D eigenvalue weighted by atomic mass is 19.1. The minimum Gasteiger partial charge on any atom is -0.486 e. The fourth-order valence-corrected chi connectivity index (χ4v) is 3.64. The van der Waals surface area contributed by atoms with E-state index < -0.39 is 5.41 Å². The van der Waals surface area contributed by atoms with Crippen LogP contribution in [0.4, 0.5) is 10.1 Å². The number of ether oxygens (including phenoxy) is 2. The van der Waals surface area contributed by atoms with Crippen LogP contribution < -0.4 is 14.8 Å². The lowest BCUT2D eigenvalue weighted by atomic mass is 9.94. The summed E-state index contributed by atoms with van der Waals surface area (Å²) in [6.45, 7) is 3.18. The molecule has 0 spiro atoms. The normalized spacial score (nSPS) is 16.1. The Balaban J connectivity index is 1.42. The molecule has 1 saturated carbocycles. The van der Waals surface area contributed by atoms with Gasteiger partial charge in [0, 0.05) is 18.3 Å². The molecule has 152 valence electrons. The summed E-state index contributed by atoms with van der Waals surface area (Å²) in [7, 11) is 0. The number of hydrogen-bond acceptors (Lipinski definition) is 4. The predicted molar refractivity (Wildman–Crippen MR) is 106 cm³/mol. The summed E-state index contributed by atoms with van der Waals surface area (Å²) in [6.07, 6.45) is 1.41. The fraction of sp³-hybridized carbons (Fsp3) is 0.364. The van der Waals surface area contributed by atoms with E-state index >= 15 is 0 Å². The van der Waals surface area contributed by atoms with Crippen molar-refractivity contribution in [2.75, 3.05) is 31.6 Å². The van der Waals surface area contributed by atoms with Crippen molar-refractivity contribution >= 4 is 17.5 Å². The molecule has 2 aliphatic rings. The largest absolute Gasteiger partial charge is 0.486 e. The molecular weight excluding hydrogens is 375 g/mol. The van der Waals surface area contributed by atoms with Gasteiger partial charge in [-0.2, -0.15) is 0 Å². The average Bonchev–Trinajstić information content (AvgIpc) is 3.54. The number of hydrogen-bond donors (Lipinski definition) is 1. The highest BCUT2D eigenvalue weighted by Gasteiger charge is 2.52. The second-order valence-electron chi connectivity index (χ2n) is 7.31. The van der Waals surface area contributed by atoms with Crippen molar-refractivity contribution in [1.29, 1.82) is 0 Å². The van der Waals surface area contributed by atoms with E-state index in [1.54, 1.807) is 35.2 Å². The first-order valence-corrected chi connectivity index (χ1v) is 9.77. The van der Waals surface area contributed by atoms with E-state index in [9.17, 15) is 14.0 Å². The third-order valence-electron chi connectivity index (χ3n) is 5.39. The fourth-order valence-electron chi connectivity index (χ4n) is 3.64. The number of rotatable bonds is 6.